The van der Waals surface area contributed by atoms with Crippen LogP contribution >= 0.6 is 0 Å². The maximum atomic E-state index is 11.8. The molecule has 0 heterocycles. The molecule has 0 rings (SSSR count). The van der Waals surface area contributed by atoms with Gasteiger partial charge in [0.2, 0.25) is 0 Å². The molecule has 0 aromatic rings. The number of hydrogen-bond donors (Lipinski definition) is 0. The first-order valence-electron chi connectivity index (χ1n) is 22.0. The van der Waals surface area contributed by atoms with Crippen LogP contribution in [-0.2, 0) is 61.6 Å². The average molecular weight is 838 g/mol. The van der Waals surface area contributed by atoms with Crippen molar-refractivity contribution in [3.8, 4) is 0 Å². The van der Waals surface area contributed by atoms with Gasteiger partial charge in [-0.2, -0.15) is 0 Å². The summed E-state index contributed by atoms with van der Waals surface area (Å²) in [4.78, 5) is 14.5. The van der Waals surface area contributed by atoms with Crippen molar-refractivity contribution in [1.29, 1.82) is 0 Å². The summed E-state index contributed by atoms with van der Waals surface area (Å²) in [6, 6.07) is 0. The molecule has 0 aromatic heterocycles. The number of ketones is 1. The standard InChI is InChI=1S/C42H83N3O13/c1-42(2,3)41(46)15-39-57-37-13-35-55-33-11-31-53-29-9-27-51-25-7-23-49-21-5-19-47-17-4-18-48-20-6-22-50-24-8-26-52-28-10-30-54-32-12-34-56-36-14-38-58-40-16-44-45-43/h4-40H2,1-3H3. The van der Waals surface area contributed by atoms with Crippen molar-refractivity contribution in [2.24, 2.45) is 10.5 Å². The third kappa shape index (κ3) is 48.9. The molecule has 0 saturated heterocycles. The maximum Gasteiger partial charge on any atom is 0.140 e. The minimum atomic E-state index is -0.292. The third-order valence-electron chi connectivity index (χ3n) is 8.06. The van der Waals surface area contributed by atoms with Gasteiger partial charge in [-0.05, 0) is 76.2 Å². The lowest BCUT2D eigenvalue weighted by atomic mass is 9.89. The van der Waals surface area contributed by atoms with Gasteiger partial charge in [0, 0.05) is 169 Å². The minimum absolute atomic E-state index is 0.232. The Morgan fingerprint density at radius 2 is 0.552 bits per heavy atom. The van der Waals surface area contributed by atoms with E-state index in [1.807, 2.05) is 20.8 Å². The Labute approximate surface area is 350 Å². The summed E-state index contributed by atoms with van der Waals surface area (Å²) in [6.45, 7) is 22.1. The van der Waals surface area contributed by atoms with Gasteiger partial charge in [-0.1, -0.05) is 25.9 Å². The van der Waals surface area contributed by atoms with E-state index in [4.69, 9.17) is 62.4 Å². The van der Waals surface area contributed by atoms with E-state index in [1.165, 1.54) is 0 Å². The highest BCUT2D eigenvalue weighted by molar-refractivity contribution is 5.83. The van der Waals surface area contributed by atoms with Crippen molar-refractivity contribution in [1.82, 2.24) is 0 Å². The number of hydrogen-bond acceptors (Lipinski definition) is 14. The molecule has 58 heavy (non-hydrogen) atoms. The molecule has 0 bridgehead atoms. The van der Waals surface area contributed by atoms with Crippen molar-refractivity contribution in [3.63, 3.8) is 0 Å². The number of carbonyl (C=O) groups excluding carboxylic acids is 1. The Kier molecular flexibility index (Phi) is 46.9. The summed E-state index contributed by atoms with van der Waals surface area (Å²) in [5.74, 6) is 0.232. The van der Waals surface area contributed by atoms with Gasteiger partial charge in [-0.15, -0.1) is 0 Å². The molecule has 16 nitrogen and oxygen atoms in total. The Hall–Kier alpha value is -1.50. The molecule has 0 fully saturated rings. The smallest absolute Gasteiger partial charge is 0.140 e. The molecule has 0 atom stereocenters. The van der Waals surface area contributed by atoms with Crippen molar-refractivity contribution >= 4 is 5.78 Å². The molecular weight excluding hydrogens is 754 g/mol. The van der Waals surface area contributed by atoms with E-state index in [2.05, 4.69) is 10.0 Å². The summed E-state index contributed by atoms with van der Waals surface area (Å²) >= 11 is 0. The van der Waals surface area contributed by atoms with Crippen molar-refractivity contribution < 1.29 is 61.6 Å². The molecule has 0 N–H and O–H groups in total. The monoisotopic (exact) mass is 838 g/mol. The van der Waals surface area contributed by atoms with Gasteiger partial charge in [0.25, 0.3) is 0 Å². The molecule has 0 amide bonds. The van der Waals surface area contributed by atoms with Gasteiger partial charge in [0.15, 0.2) is 0 Å². The van der Waals surface area contributed by atoms with Crippen LogP contribution in [0.15, 0.2) is 5.11 Å². The molecule has 0 aliphatic carbocycles. The number of carbonyl (C=O) groups is 1. The largest absolute Gasteiger partial charge is 0.381 e. The van der Waals surface area contributed by atoms with E-state index >= 15 is 0 Å². The fourth-order valence-corrected chi connectivity index (χ4v) is 4.81. The first-order chi connectivity index (χ1) is 28.5. The molecular formula is C42H83N3O13. The van der Waals surface area contributed by atoms with E-state index < -0.39 is 0 Å². The van der Waals surface area contributed by atoms with Crippen LogP contribution in [0.4, 0.5) is 0 Å². The molecule has 0 spiro atoms. The summed E-state index contributed by atoms with van der Waals surface area (Å²) in [6.07, 6.45) is 10.1. The van der Waals surface area contributed by atoms with Crippen molar-refractivity contribution in [3.05, 3.63) is 10.4 Å². The normalized spacial score (nSPS) is 11.7. The van der Waals surface area contributed by atoms with E-state index in [-0.39, 0.29) is 11.2 Å². The van der Waals surface area contributed by atoms with E-state index in [0.717, 1.165) is 70.6 Å². The van der Waals surface area contributed by atoms with Crippen LogP contribution in [-0.4, -0.2) is 171 Å². The second-order valence-electron chi connectivity index (χ2n) is 14.6. The van der Waals surface area contributed by atoms with Crippen LogP contribution in [0.5, 0.6) is 0 Å². The Bertz CT molecular complexity index is 880. The van der Waals surface area contributed by atoms with Crippen LogP contribution in [0, 0.1) is 5.41 Å². The third-order valence-corrected chi connectivity index (χ3v) is 8.06. The number of azide groups is 1. The fraction of sp³-hybridized carbons (Fsp3) is 0.976. The topological polar surface area (TPSA) is 177 Å². The average Bonchev–Trinajstić information content (AvgIpc) is 3.21. The van der Waals surface area contributed by atoms with Gasteiger partial charge in [-0.3, -0.25) is 4.79 Å². The van der Waals surface area contributed by atoms with Crippen molar-refractivity contribution in [2.45, 2.75) is 97.8 Å². The summed E-state index contributed by atoms with van der Waals surface area (Å²) < 4.78 is 67.2. The van der Waals surface area contributed by atoms with Gasteiger partial charge in [0.05, 0.1) is 13.2 Å². The summed E-state index contributed by atoms with van der Waals surface area (Å²) in [7, 11) is 0. The van der Waals surface area contributed by atoms with E-state index in [9.17, 15) is 4.79 Å². The number of Topliss-reactive ketones (excluding diaryl/α,β-unsaturated/α-hetero) is 1. The Morgan fingerprint density at radius 3 is 0.741 bits per heavy atom. The lowest BCUT2D eigenvalue weighted by Gasteiger charge is -2.16. The lowest BCUT2D eigenvalue weighted by molar-refractivity contribution is -0.127. The molecule has 0 aromatic carbocycles. The number of rotatable bonds is 50. The molecule has 0 unspecified atom stereocenters. The van der Waals surface area contributed by atoms with Gasteiger partial charge in [0.1, 0.15) is 5.78 Å². The second kappa shape index (κ2) is 48.2. The molecule has 0 saturated carbocycles. The van der Waals surface area contributed by atoms with Crippen LogP contribution in [0.1, 0.15) is 97.8 Å². The number of nitrogens with zero attached hydrogens (tertiary/aromatic N) is 3. The highest BCUT2D eigenvalue weighted by Gasteiger charge is 2.20. The van der Waals surface area contributed by atoms with E-state index in [0.29, 0.717) is 172 Å². The van der Waals surface area contributed by atoms with Crippen LogP contribution in [0.25, 0.3) is 10.4 Å². The zero-order valence-electron chi connectivity index (χ0n) is 36.8. The summed E-state index contributed by atoms with van der Waals surface area (Å²) in [5.41, 5.74) is 7.88. The first-order valence-corrected chi connectivity index (χ1v) is 22.0. The highest BCUT2D eigenvalue weighted by atomic mass is 16.5. The highest BCUT2D eigenvalue weighted by Crippen LogP contribution is 2.16. The Balaban J connectivity index is 3.09. The molecule has 16 heteroatoms. The zero-order chi connectivity index (χ0) is 42.1. The van der Waals surface area contributed by atoms with Gasteiger partial charge >= 0.3 is 0 Å². The predicted octanol–water partition coefficient (Wildman–Crippen LogP) is 6.79. The number of ether oxygens (including phenoxy) is 12. The first kappa shape index (κ1) is 56.5. The minimum Gasteiger partial charge on any atom is -0.381 e. The predicted molar refractivity (Wildman–Crippen MR) is 224 cm³/mol. The van der Waals surface area contributed by atoms with Crippen LogP contribution < -0.4 is 0 Å². The zero-order valence-corrected chi connectivity index (χ0v) is 36.8. The van der Waals surface area contributed by atoms with Gasteiger partial charge in [-0.25, -0.2) is 0 Å². The second-order valence-corrected chi connectivity index (χ2v) is 14.6. The molecule has 0 radical (unpaired) electrons. The SMILES string of the molecule is CC(C)(C)C(=O)CCOCCCOCCCOCCCOCCCOCCCOCCCOCCCOCCCOCCCOCCCOCCCOCCN=[N+]=[N-]. The van der Waals surface area contributed by atoms with Gasteiger partial charge < -0.3 is 56.8 Å². The lowest BCUT2D eigenvalue weighted by Crippen LogP contribution is -2.21. The molecule has 0 aliphatic heterocycles. The quantitative estimate of drug-likeness (QED) is 0.0271. The molecule has 0 aliphatic rings. The maximum absolute atomic E-state index is 11.8. The van der Waals surface area contributed by atoms with E-state index in [1.54, 1.807) is 0 Å². The van der Waals surface area contributed by atoms with Crippen LogP contribution in [0.2, 0.25) is 0 Å². The van der Waals surface area contributed by atoms with Crippen LogP contribution in [0.3, 0.4) is 0 Å². The molecule has 344 valence electrons. The van der Waals surface area contributed by atoms with Crippen molar-refractivity contribution in [2.75, 3.05) is 165 Å². The summed E-state index contributed by atoms with van der Waals surface area (Å²) in [5, 5.41) is 3.41. The fourth-order valence-electron chi connectivity index (χ4n) is 4.81. The Morgan fingerprint density at radius 1 is 0.362 bits per heavy atom.